The summed E-state index contributed by atoms with van der Waals surface area (Å²) < 4.78 is 14.9. The molecule has 6 rings (SSSR count). The number of imidazole rings is 4. The molecule has 7 heteroatoms. The largest absolute Gasteiger partial charge is 0.457 e. The van der Waals surface area contributed by atoms with Crippen LogP contribution in [0.1, 0.15) is 52.9 Å². The number of rotatable bonds is 4. The molecule has 0 aliphatic carbocycles. The second kappa shape index (κ2) is 8.13. The van der Waals surface area contributed by atoms with E-state index >= 15 is 0 Å². The first kappa shape index (κ1) is 23.2. The van der Waals surface area contributed by atoms with Crippen LogP contribution in [0, 0.1) is 0 Å². The van der Waals surface area contributed by atoms with Gasteiger partial charge in [-0.15, -0.1) is 0 Å². The molecule has 2 aromatic carbocycles. The van der Waals surface area contributed by atoms with E-state index in [0.29, 0.717) is 0 Å². The fourth-order valence-electron chi connectivity index (χ4n) is 4.83. The lowest BCUT2D eigenvalue weighted by atomic mass is 9.93. The fourth-order valence-corrected chi connectivity index (χ4v) is 4.83. The zero-order chi connectivity index (χ0) is 25.9. The van der Waals surface area contributed by atoms with Crippen molar-refractivity contribution < 1.29 is 4.74 Å². The molecule has 0 bridgehead atoms. The molecule has 37 heavy (non-hydrogen) atoms. The number of hydrogen-bond acceptors (Lipinski definition) is 3. The van der Waals surface area contributed by atoms with Crippen LogP contribution in [0.25, 0.3) is 22.9 Å². The van der Waals surface area contributed by atoms with Crippen molar-refractivity contribution in [3.8, 4) is 22.9 Å². The molecule has 4 heterocycles. The molecule has 4 aromatic heterocycles. The van der Waals surface area contributed by atoms with E-state index in [1.54, 1.807) is 0 Å². The predicted molar refractivity (Wildman–Crippen MR) is 147 cm³/mol. The Morgan fingerprint density at radius 2 is 1.05 bits per heavy atom. The second-order valence-corrected chi connectivity index (χ2v) is 11.6. The first-order valence-electron chi connectivity index (χ1n) is 12.6. The summed E-state index contributed by atoms with van der Waals surface area (Å²) in [6, 6.07) is 16.2. The highest BCUT2D eigenvalue weighted by atomic mass is 16.5. The van der Waals surface area contributed by atoms with Gasteiger partial charge in [-0.25, -0.2) is 9.97 Å². The maximum Gasteiger partial charge on any atom is 0.218 e. The van der Waals surface area contributed by atoms with Gasteiger partial charge >= 0.3 is 0 Å². The lowest BCUT2D eigenvalue weighted by Gasteiger charge is -2.16. The quantitative estimate of drug-likeness (QED) is 0.268. The standard InChI is InChI=1S/C30H32N6O/c1-29(2,3)25-19-35(27-31-13-15-33(25)27)21-9-7-11-23(17-21)37-24-12-8-10-22(18-24)36-20-26(30(4,5)6)34-16-14-32-28(34)36/h7-20H,1-6H3. The van der Waals surface area contributed by atoms with E-state index in [1.165, 1.54) is 11.4 Å². The van der Waals surface area contributed by atoms with Gasteiger partial charge in [0.2, 0.25) is 11.6 Å². The number of benzene rings is 2. The average molecular weight is 493 g/mol. The number of nitrogens with zero attached hydrogens (tertiary/aromatic N) is 6. The van der Waals surface area contributed by atoms with Crippen LogP contribution < -0.4 is 4.74 Å². The van der Waals surface area contributed by atoms with Crippen LogP contribution in [0.4, 0.5) is 0 Å². The Kier molecular flexibility index (Phi) is 5.09. The lowest BCUT2D eigenvalue weighted by Crippen LogP contribution is -2.13. The topological polar surface area (TPSA) is 53.7 Å². The molecule has 0 spiro atoms. The van der Waals surface area contributed by atoms with Gasteiger partial charge in [0.1, 0.15) is 11.5 Å². The molecule has 0 fully saturated rings. The number of fused-ring (bicyclic) bond motifs is 2. The van der Waals surface area contributed by atoms with Gasteiger partial charge in [0.15, 0.2) is 0 Å². The summed E-state index contributed by atoms with van der Waals surface area (Å²) in [4.78, 5) is 9.20. The normalized spacial score (nSPS) is 12.6. The van der Waals surface area contributed by atoms with Gasteiger partial charge in [-0.05, 0) is 24.3 Å². The van der Waals surface area contributed by atoms with Gasteiger partial charge in [0, 0.05) is 71.5 Å². The molecule has 6 aromatic rings. The molecule has 0 saturated heterocycles. The van der Waals surface area contributed by atoms with E-state index in [4.69, 9.17) is 4.74 Å². The summed E-state index contributed by atoms with van der Waals surface area (Å²) in [5.41, 5.74) is 4.38. The van der Waals surface area contributed by atoms with Crippen LogP contribution in [-0.4, -0.2) is 27.9 Å². The highest BCUT2D eigenvalue weighted by Gasteiger charge is 2.23. The van der Waals surface area contributed by atoms with Gasteiger partial charge in [-0.2, -0.15) is 0 Å². The first-order chi connectivity index (χ1) is 17.6. The van der Waals surface area contributed by atoms with Crippen molar-refractivity contribution in [2.24, 2.45) is 0 Å². The molecule has 0 N–H and O–H groups in total. The third kappa shape index (κ3) is 4.00. The minimum absolute atomic E-state index is 0.00959. The maximum atomic E-state index is 6.36. The van der Waals surface area contributed by atoms with Crippen LogP contribution in [0.2, 0.25) is 0 Å². The van der Waals surface area contributed by atoms with E-state index in [0.717, 1.165) is 34.4 Å². The zero-order valence-electron chi connectivity index (χ0n) is 22.2. The number of aromatic nitrogens is 6. The third-order valence-electron chi connectivity index (χ3n) is 6.66. The van der Waals surface area contributed by atoms with Crippen LogP contribution in [0.15, 0.2) is 85.7 Å². The smallest absolute Gasteiger partial charge is 0.218 e. The molecule has 7 nitrogen and oxygen atoms in total. The highest BCUT2D eigenvalue weighted by molar-refractivity contribution is 5.52. The van der Waals surface area contributed by atoms with Gasteiger partial charge in [-0.3, -0.25) is 17.9 Å². The predicted octanol–water partition coefficient (Wildman–Crippen LogP) is 6.95. The third-order valence-corrected chi connectivity index (χ3v) is 6.66. The van der Waals surface area contributed by atoms with Crippen LogP contribution in [0.5, 0.6) is 11.5 Å². The minimum Gasteiger partial charge on any atom is -0.457 e. The molecule has 0 unspecified atom stereocenters. The minimum atomic E-state index is -0.00959. The summed E-state index contributed by atoms with van der Waals surface area (Å²) >= 11 is 0. The SMILES string of the molecule is CC(C)(C)c1cn(-c2cccc(Oc3cccc(-n4cc(C(C)(C)C)n5ccnc45)c3)c2)c2nccn12. The number of ether oxygens (including phenoxy) is 1. The van der Waals surface area contributed by atoms with Crippen LogP contribution in [0.3, 0.4) is 0 Å². The van der Waals surface area contributed by atoms with Crippen molar-refractivity contribution >= 4 is 11.6 Å². The van der Waals surface area contributed by atoms with Crippen LogP contribution >= 0.6 is 0 Å². The van der Waals surface area contributed by atoms with Gasteiger partial charge in [0.05, 0.1) is 11.4 Å². The molecule has 0 radical (unpaired) electrons. The molecular formula is C30H32N6O. The van der Waals surface area contributed by atoms with Gasteiger partial charge in [0.25, 0.3) is 0 Å². The molecule has 0 aliphatic heterocycles. The van der Waals surface area contributed by atoms with Crippen molar-refractivity contribution in [2.45, 2.75) is 52.4 Å². The average Bonchev–Trinajstić information content (AvgIpc) is 3.59. The van der Waals surface area contributed by atoms with Crippen molar-refractivity contribution in [1.82, 2.24) is 27.9 Å². The first-order valence-corrected chi connectivity index (χ1v) is 12.6. The Morgan fingerprint density at radius 1 is 0.622 bits per heavy atom. The van der Waals surface area contributed by atoms with Gasteiger partial charge in [-0.1, -0.05) is 53.7 Å². The Bertz CT molecular complexity index is 1600. The Morgan fingerprint density at radius 3 is 1.46 bits per heavy atom. The molecule has 0 atom stereocenters. The Hall–Kier alpha value is -4.26. The maximum absolute atomic E-state index is 6.36. The molecular weight excluding hydrogens is 460 g/mol. The number of hydrogen-bond donors (Lipinski definition) is 0. The van der Waals surface area contributed by atoms with E-state index in [9.17, 15) is 0 Å². The van der Waals surface area contributed by atoms with Crippen molar-refractivity contribution in [2.75, 3.05) is 0 Å². The molecule has 0 saturated carbocycles. The van der Waals surface area contributed by atoms with E-state index < -0.39 is 0 Å². The monoisotopic (exact) mass is 492 g/mol. The summed E-state index contributed by atoms with van der Waals surface area (Å²) in [5.74, 6) is 3.29. The van der Waals surface area contributed by atoms with E-state index in [1.807, 2.05) is 61.2 Å². The van der Waals surface area contributed by atoms with Crippen molar-refractivity contribution in [3.05, 3.63) is 97.1 Å². The van der Waals surface area contributed by atoms with Gasteiger partial charge < -0.3 is 4.74 Å². The summed E-state index contributed by atoms with van der Waals surface area (Å²) in [5, 5.41) is 0. The summed E-state index contributed by atoms with van der Waals surface area (Å²) in [6.07, 6.45) is 12.0. The Labute approximate surface area is 216 Å². The Balaban J connectivity index is 1.35. The highest BCUT2D eigenvalue weighted by Crippen LogP contribution is 2.31. The fraction of sp³-hybridized carbons (Fsp3) is 0.267. The lowest BCUT2D eigenvalue weighted by molar-refractivity contribution is 0.482. The van der Waals surface area contributed by atoms with E-state index in [-0.39, 0.29) is 10.8 Å². The van der Waals surface area contributed by atoms with E-state index in [2.05, 4.69) is 94.0 Å². The molecule has 0 amide bonds. The van der Waals surface area contributed by atoms with Crippen LogP contribution in [-0.2, 0) is 10.8 Å². The van der Waals surface area contributed by atoms with Crippen molar-refractivity contribution in [3.63, 3.8) is 0 Å². The molecule has 188 valence electrons. The zero-order valence-corrected chi connectivity index (χ0v) is 22.2. The summed E-state index contributed by atoms with van der Waals surface area (Å²) in [7, 11) is 0. The molecule has 0 aliphatic rings. The second-order valence-electron chi connectivity index (χ2n) is 11.6. The summed E-state index contributed by atoms with van der Waals surface area (Å²) in [6.45, 7) is 13.3. The van der Waals surface area contributed by atoms with Crippen molar-refractivity contribution in [1.29, 1.82) is 0 Å².